The third-order valence-electron chi connectivity index (χ3n) is 1.49. The van der Waals surface area contributed by atoms with Gasteiger partial charge in [-0.05, 0) is 6.07 Å². The summed E-state index contributed by atoms with van der Waals surface area (Å²) in [5, 5.41) is -0.0645. The molecule has 0 spiro atoms. The number of nitrogens with zero attached hydrogens (tertiary/aromatic N) is 1. The SMILES string of the molecule is Nc1cc(C(F)F)nc(Cl)c1CCl. The smallest absolute Gasteiger partial charge is 0.280 e. The van der Waals surface area contributed by atoms with Gasteiger partial charge in [-0.1, -0.05) is 11.6 Å². The molecule has 0 aromatic carbocycles. The van der Waals surface area contributed by atoms with Gasteiger partial charge in [-0.15, -0.1) is 11.6 Å². The highest BCUT2D eigenvalue weighted by molar-refractivity contribution is 6.31. The molecule has 0 unspecified atom stereocenters. The Kier molecular flexibility index (Phi) is 3.27. The van der Waals surface area contributed by atoms with Crippen LogP contribution in [0, 0.1) is 0 Å². The van der Waals surface area contributed by atoms with Crippen LogP contribution in [0.2, 0.25) is 5.15 Å². The van der Waals surface area contributed by atoms with Crippen molar-refractivity contribution >= 4 is 28.9 Å². The van der Waals surface area contributed by atoms with Crippen LogP contribution < -0.4 is 5.73 Å². The Morgan fingerprint density at radius 2 is 2.15 bits per heavy atom. The number of anilines is 1. The van der Waals surface area contributed by atoms with Crippen LogP contribution in [-0.2, 0) is 5.88 Å². The summed E-state index contributed by atoms with van der Waals surface area (Å²) >= 11 is 11.0. The van der Waals surface area contributed by atoms with E-state index in [1.54, 1.807) is 0 Å². The molecular weight excluding hydrogens is 221 g/mol. The van der Waals surface area contributed by atoms with E-state index >= 15 is 0 Å². The first-order valence-electron chi connectivity index (χ1n) is 3.35. The number of nitrogen functional groups attached to an aromatic ring is 1. The van der Waals surface area contributed by atoms with Crippen LogP contribution in [0.25, 0.3) is 0 Å². The highest BCUT2D eigenvalue weighted by Crippen LogP contribution is 2.27. The first-order chi connectivity index (χ1) is 6.06. The van der Waals surface area contributed by atoms with E-state index in [4.69, 9.17) is 28.9 Å². The molecule has 0 aliphatic carbocycles. The minimum absolute atomic E-state index is 0.0567. The predicted octanol–water partition coefficient (Wildman–Crippen LogP) is 2.99. The topological polar surface area (TPSA) is 38.9 Å². The molecule has 1 heterocycles. The molecule has 0 saturated carbocycles. The molecule has 0 aliphatic rings. The van der Waals surface area contributed by atoms with Gasteiger partial charge in [0.1, 0.15) is 10.8 Å². The van der Waals surface area contributed by atoms with E-state index in [0.717, 1.165) is 6.07 Å². The molecule has 72 valence electrons. The van der Waals surface area contributed by atoms with Crippen LogP contribution in [0.15, 0.2) is 6.07 Å². The number of alkyl halides is 3. The van der Waals surface area contributed by atoms with Crippen molar-refractivity contribution in [1.29, 1.82) is 0 Å². The van der Waals surface area contributed by atoms with Gasteiger partial charge in [-0.3, -0.25) is 0 Å². The number of rotatable bonds is 2. The molecule has 0 aliphatic heterocycles. The lowest BCUT2D eigenvalue weighted by Crippen LogP contribution is -1.99. The molecule has 2 nitrogen and oxygen atoms in total. The Bertz CT molecular complexity index is 294. The number of hydrogen-bond donors (Lipinski definition) is 1. The Hall–Kier alpha value is -0.610. The number of nitrogens with two attached hydrogens (primary N) is 1. The summed E-state index contributed by atoms with van der Waals surface area (Å²) in [5.74, 6) is 0.0567. The molecule has 0 bridgehead atoms. The first kappa shape index (κ1) is 10.5. The van der Waals surface area contributed by atoms with Crippen molar-refractivity contribution in [3.63, 3.8) is 0 Å². The first-order valence-corrected chi connectivity index (χ1v) is 4.26. The molecule has 0 atom stereocenters. The van der Waals surface area contributed by atoms with Crippen LogP contribution in [0.1, 0.15) is 17.7 Å². The normalized spacial score (nSPS) is 10.8. The summed E-state index contributed by atoms with van der Waals surface area (Å²) in [6.07, 6.45) is -2.68. The molecule has 0 fully saturated rings. The van der Waals surface area contributed by atoms with Crippen molar-refractivity contribution in [3.05, 3.63) is 22.5 Å². The van der Waals surface area contributed by atoms with Gasteiger partial charge in [0.25, 0.3) is 6.43 Å². The van der Waals surface area contributed by atoms with Gasteiger partial charge in [0.2, 0.25) is 0 Å². The van der Waals surface area contributed by atoms with Crippen molar-refractivity contribution < 1.29 is 8.78 Å². The van der Waals surface area contributed by atoms with Gasteiger partial charge in [0.15, 0.2) is 0 Å². The lowest BCUT2D eigenvalue weighted by atomic mass is 10.2. The summed E-state index contributed by atoms with van der Waals surface area (Å²) in [4.78, 5) is 3.46. The van der Waals surface area contributed by atoms with E-state index in [9.17, 15) is 8.78 Å². The summed E-state index contributed by atoms with van der Waals surface area (Å²) in [6, 6.07) is 1.08. The van der Waals surface area contributed by atoms with E-state index in [1.165, 1.54) is 0 Å². The molecule has 1 aromatic heterocycles. The van der Waals surface area contributed by atoms with Crippen LogP contribution >= 0.6 is 23.2 Å². The van der Waals surface area contributed by atoms with Crippen molar-refractivity contribution in [2.75, 3.05) is 5.73 Å². The maximum absolute atomic E-state index is 12.2. The Labute approximate surface area is 83.7 Å². The number of halogens is 4. The monoisotopic (exact) mass is 226 g/mol. The number of hydrogen-bond acceptors (Lipinski definition) is 2. The van der Waals surface area contributed by atoms with Crippen molar-refractivity contribution in [3.8, 4) is 0 Å². The average molecular weight is 227 g/mol. The van der Waals surface area contributed by atoms with Gasteiger partial charge < -0.3 is 5.73 Å². The molecule has 0 saturated heterocycles. The highest BCUT2D eigenvalue weighted by Gasteiger charge is 2.14. The summed E-state index contributed by atoms with van der Waals surface area (Å²) in [6.45, 7) is 0. The van der Waals surface area contributed by atoms with E-state index in [1.807, 2.05) is 0 Å². The third kappa shape index (κ3) is 2.19. The number of aromatic nitrogens is 1. The fourth-order valence-corrected chi connectivity index (χ4v) is 1.45. The molecule has 1 rings (SSSR count). The van der Waals surface area contributed by atoms with Crippen LogP contribution in [-0.4, -0.2) is 4.98 Å². The predicted molar refractivity (Wildman–Crippen MR) is 48.2 cm³/mol. The zero-order valence-electron chi connectivity index (χ0n) is 6.40. The zero-order chi connectivity index (χ0) is 10.0. The van der Waals surface area contributed by atoms with Gasteiger partial charge >= 0.3 is 0 Å². The second-order valence-electron chi connectivity index (χ2n) is 2.34. The largest absolute Gasteiger partial charge is 0.398 e. The van der Waals surface area contributed by atoms with E-state index in [-0.39, 0.29) is 16.7 Å². The van der Waals surface area contributed by atoms with E-state index in [0.29, 0.717) is 5.56 Å². The Morgan fingerprint density at radius 3 is 2.54 bits per heavy atom. The summed E-state index contributed by atoms with van der Waals surface area (Å²) < 4.78 is 24.3. The second-order valence-corrected chi connectivity index (χ2v) is 2.97. The fourth-order valence-electron chi connectivity index (χ4n) is 0.823. The van der Waals surface area contributed by atoms with Crippen LogP contribution in [0.3, 0.4) is 0 Å². The van der Waals surface area contributed by atoms with Gasteiger partial charge in [0.05, 0.1) is 5.88 Å². The Balaban J connectivity index is 3.20. The van der Waals surface area contributed by atoms with Crippen LogP contribution in [0.5, 0.6) is 0 Å². The molecule has 6 heteroatoms. The lowest BCUT2D eigenvalue weighted by Gasteiger charge is -2.06. The lowest BCUT2D eigenvalue weighted by molar-refractivity contribution is 0.146. The minimum Gasteiger partial charge on any atom is -0.398 e. The van der Waals surface area contributed by atoms with Gasteiger partial charge in [0, 0.05) is 11.3 Å². The molecule has 0 radical (unpaired) electrons. The molecular formula is C7H6Cl2F2N2. The maximum atomic E-state index is 12.2. The standard InChI is InChI=1S/C7H6Cl2F2N2/c8-2-3-4(12)1-5(7(10)11)13-6(3)9/h1,7H,2H2,(H2,12,13). The molecule has 2 N–H and O–H groups in total. The van der Waals surface area contributed by atoms with Gasteiger partial charge in [-0.2, -0.15) is 0 Å². The summed E-state index contributed by atoms with van der Waals surface area (Å²) in [7, 11) is 0. The molecule has 1 aromatic rings. The summed E-state index contributed by atoms with van der Waals surface area (Å²) in [5.41, 5.74) is 5.52. The highest BCUT2D eigenvalue weighted by atomic mass is 35.5. The van der Waals surface area contributed by atoms with Crippen molar-refractivity contribution in [2.45, 2.75) is 12.3 Å². The third-order valence-corrected chi connectivity index (χ3v) is 2.07. The van der Waals surface area contributed by atoms with Crippen molar-refractivity contribution in [1.82, 2.24) is 4.98 Å². The number of pyridine rings is 1. The Morgan fingerprint density at radius 1 is 1.54 bits per heavy atom. The average Bonchev–Trinajstić information content (AvgIpc) is 2.03. The van der Waals surface area contributed by atoms with E-state index < -0.39 is 12.1 Å². The minimum atomic E-state index is -2.68. The molecule has 13 heavy (non-hydrogen) atoms. The quantitative estimate of drug-likeness (QED) is 0.622. The fraction of sp³-hybridized carbons (Fsp3) is 0.286. The van der Waals surface area contributed by atoms with Crippen LogP contribution in [0.4, 0.5) is 14.5 Å². The second kappa shape index (κ2) is 4.07. The van der Waals surface area contributed by atoms with Gasteiger partial charge in [-0.25, -0.2) is 13.8 Å². The zero-order valence-corrected chi connectivity index (χ0v) is 7.91. The maximum Gasteiger partial charge on any atom is 0.280 e. The molecule has 0 amide bonds. The van der Waals surface area contributed by atoms with E-state index in [2.05, 4.69) is 4.98 Å². The van der Waals surface area contributed by atoms with Crippen molar-refractivity contribution in [2.24, 2.45) is 0 Å².